The summed E-state index contributed by atoms with van der Waals surface area (Å²) in [7, 11) is 0. The topological polar surface area (TPSA) is 32.3 Å². The van der Waals surface area contributed by atoms with E-state index in [-0.39, 0.29) is 5.91 Å². The van der Waals surface area contributed by atoms with Crippen molar-refractivity contribution in [3.05, 3.63) is 20.3 Å². The predicted molar refractivity (Wildman–Crippen MR) is 82.9 cm³/mol. The van der Waals surface area contributed by atoms with Crippen molar-refractivity contribution in [2.24, 2.45) is 0 Å². The maximum absolute atomic E-state index is 11.9. The molecule has 2 heterocycles. The number of thioether (sulfide) groups is 1. The maximum atomic E-state index is 11.9. The lowest BCUT2D eigenvalue weighted by Crippen LogP contribution is -2.39. The number of amides is 1. The molecule has 18 heavy (non-hydrogen) atoms. The van der Waals surface area contributed by atoms with Crippen LogP contribution in [0.2, 0.25) is 0 Å². The molecule has 0 bridgehead atoms. The van der Waals surface area contributed by atoms with Crippen LogP contribution in [0.3, 0.4) is 0 Å². The normalized spacial score (nSPS) is 16.8. The van der Waals surface area contributed by atoms with Crippen molar-refractivity contribution in [2.45, 2.75) is 6.92 Å². The molecule has 0 atom stereocenters. The van der Waals surface area contributed by atoms with Crippen LogP contribution in [0.1, 0.15) is 15.2 Å². The molecule has 1 N–H and O–H groups in total. The number of aryl methyl sites for hydroxylation is 1. The molecular weight excluding hydrogens is 332 g/mol. The second-order valence-corrected chi connectivity index (χ2v) is 7.87. The van der Waals surface area contributed by atoms with Gasteiger partial charge in [0.1, 0.15) is 0 Å². The number of hydrogen-bond acceptors (Lipinski definition) is 4. The monoisotopic (exact) mass is 348 g/mol. The SMILES string of the molecule is Cc1cc(C(=O)NCCN2CCSCC2)sc1Br. The first-order valence-corrected chi connectivity index (χ1v) is 8.77. The van der Waals surface area contributed by atoms with Gasteiger partial charge in [0.05, 0.1) is 8.66 Å². The summed E-state index contributed by atoms with van der Waals surface area (Å²) in [5.41, 5.74) is 1.12. The first-order chi connectivity index (χ1) is 8.66. The fourth-order valence-corrected chi connectivity index (χ4v) is 4.24. The minimum Gasteiger partial charge on any atom is -0.350 e. The largest absolute Gasteiger partial charge is 0.350 e. The lowest BCUT2D eigenvalue weighted by Gasteiger charge is -2.25. The molecule has 1 amide bonds. The van der Waals surface area contributed by atoms with Gasteiger partial charge in [0.25, 0.3) is 5.91 Å². The Bertz CT molecular complexity index is 397. The Labute approximate surface area is 124 Å². The molecule has 0 saturated carbocycles. The van der Waals surface area contributed by atoms with E-state index in [9.17, 15) is 4.79 Å². The highest BCUT2D eigenvalue weighted by Crippen LogP contribution is 2.27. The summed E-state index contributed by atoms with van der Waals surface area (Å²) in [6.07, 6.45) is 0. The van der Waals surface area contributed by atoms with Crippen LogP contribution in [0.5, 0.6) is 0 Å². The fraction of sp³-hybridized carbons (Fsp3) is 0.583. The van der Waals surface area contributed by atoms with Crippen molar-refractivity contribution in [3.8, 4) is 0 Å². The Hall–Kier alpha value is -0.0400. The zero-order chi connectivity index (χ0) is 13.0. The molecule has 1 aromatic heterocycles. The number of hydrogen-bond donors (Lipinski definition) is 1. The van der Waals surface area contributed by atoms with Crippen molar-refractivity contribution in [1.82, 2.24) is 10.2 Å². The van der Waals surface area contributed by atoms with Crippen molar-refractivity contribution in [2.75, 3.05) is 37.7 Å². The van der Waals surface area contributed by atoms with Gasteiger partial charge in [-0.25, -0.2) is 0 Å². The van der Waals surface area contributed by atoms with Crippen LogP contribution >= 0.6 is 39.0 Å². The Morgan fingerprint density at radius 2 is 2.22 bits per heavy atom. The third-order valence-corrected chi connectivity index (χ3v) is 5.98. The Morgan fingerprint density at radius 1 is 1.50 bits per heavy atom. The second kappa shape index (κ2) is 6.93. The summed E-state index contributed by atoms with van der Waals surface area (Å²) in [4.78, 5) is 15.1. The molecule has 6 heteroatoms. The van der Waals surface area contributed by atoms with Crippen molar-refractivity contribution < 1.29 is 4.79 Å². The van der Waals surface area contributed by atoms with Gasteiger partial charge in [0.2, 0.25) is 0 Å². The Kier molecular flexibility index (Phi) is 5.54. The van der Waals surface area contributed by atoms with Crippen LogP contribution in [0.4, 0.5) is 0 Å². The molecule has 3 nitrogen and oxygen atoms in total. The van der Waals surface area contributed by atoms with Gasteiger partial charge in [-0.2, -0.15) is 11.8 Å². The van der Waals surface area contributed by atoms with E-state index in [1.165, 1.54) is 22.8 Å². The second-order valence-electron chi connectivity index (χ2n) is 4.28. The lowest BCUT2D eigenvalue weighted by atomic mass is 10.3. The van der Waals surface area contributed by atoms with Crippen molar-refractivity contribution >= 4 is 44.9 Å². The number of halogens is 1. The number of carbonyl (C=O) groups is 1. The van der Waals surface area contributed by atoms with Gasteiger partial charge >= 0.3 is 0 Å². The van der Waals surface area contributed by atoms with Crippen molar-refractivity contribution in [3.63, 3.8) is 0 Å². The molecule has 0 spiro atoms. The van der Waals surface area contributed by atoms with Gasteiger partial charge in [0.15, 0.2) is 0 Å². The average Bonchev–Trinajstić information content (AvgIpc) is 2.71. The summed E-state index contributed by atoms with van der Waals surface area (Å²) in [6, 6.07) is 1.93. The first kappa shape index (κ1) is 14.4. The zero-order valence-electron chi connectivity index (χ0n) is 10.4. The van der Waals surface area contributed by atoms with Crippen LogP contribution in [-0.2, 0) is 0 Å². The highest BCUT2D eigenvalue weighted by atomic mass is 79.9. The van der Waals surface area contributed by atoms with Crippen LogP contribution in [-0.4, -0.2) is 48.5 Å². The number of carbonyl (C=O) groups excluding carboxylic acids is 1. The molecular formula is C12H17BrN2OS2. The van der Waals surface area contributed by atoms with Gasteiger partial charge < -0.3 is 5.32 Å². The van der Waals surface area contributed by atoms with Crippen LogP contribution < -0.4 is 5.32 Å². The van der Waals surface area contributed by atoms with E-state index in [2.05, 4.69) is 26.1 Å². The molecule has 1 aromatic rings. The highest BCUT2D eigenvalue weighted by Gasteiger charge is 2.12. The van der Waals surface area contributed by atoms with E-state index in [0.717, 1.165) is 40.4 Å². The smallest absolute Gasteiger partial charge is 0.261 e. The van der Waals surface area contributed by atoms with E-state index in [0.29, 0.717) is 0 Å². The lowest BCUT2D eigenvalue weighted by molar-refractivity contribution is 0.0953. The molecule has 0 radical (unpaired) electrons. The summed E-state index contributed by atoms with van der Waals surface area (Å²) < 4.78 is 1.04. The van der Waals surface area contributed by atoms with Gasteiger partial charge in [-0.3, -0.25) is 9.69 Å². The fourth-order valence-electron chi connectivity index (χ4n) is 1.81. The maximum Gasteiger partial charge on any atom is 0.261 e. The van der Waals surface area contributed by atoms with E-state index >= 15 is 0 Å². The minimum absolute atomic E-state index is 0.0418. The van der Waals surface area contributed by atoms with E-state index in [4.69, 9.17) is 0 Å². The van der Waals surface area contributed by atoms with Crippen molar-refractivity contribution in [1.29, 1.82) is 0 Å². The predicted octanol–water partition coefficient (Wildman–Crippen LogP) is 2.60. The van der Waals surface area contributed by atoms with Gasteiger partial charge in [-0.15, -0.1) is 11.3 Å². The van der Waals surface area contributed by atoms with E-state index in [1.807, 2.05) is 24.8 Å². The van der Waals surface area contributed by atoms with Crippen LogP contribution in [0.25, 0.3) is 0 Å². The summed E-state index contributed by atoms with van der Waals surface area (Å²) in [5, 5.41) is 2.99. The van der Waals surface area contributed by atoms with E-state index < -0.39 is 0 Å². The number of nitrogens with zero attached hydrogens (tertiary/aromatic N) is 1. The zero-order valence-corrected chi connectivity index (χ0v) is 13.6. The Morgan fingerprint density at radius 3 is 2.83 bits per heavy atom. The van der Waals surface area contributed by atoms with Crippen LogP contribution in [0, 0.1) is 6.92 Å². The van der Waals surface area contributed by atoms with Gasteiger partial charge in [-0.05, 0) is 34.5 Å². The standard InChI is InChI=1S/C12H17BrN2OS2/c1-9-8-10(18-11(9)13)12(16)14-2-3-15-4-6-17-7-5-15/h8H,2-7H2,1H3,(H,14,16). The molecule has 1 aliphatic heterocycles. The molecule has 2 rings (SSSR count). The van der Waals surface area contributed by atoms with Gasteiger partial charge in [0, 0.05) is 37.7 Å². The minimum atomic E-state index is 0.0418. The van der Waals surface area contributed by atoms with Crippen LogP contribution in [0.15, 0.2) is 9.85 Å². The quantitative estimate of drug-likeness (QED) is 0.907. The van der Waals surface area contributed by atoms with E-state index in [1.54, 1.807) is 0 Å². The molecule has 0 aliphatic carbocycles. The molecule has 0 aromatic carbocycles. The highest BCUT2D eigenvalue weighted by molar-refractivity contribution is 9.11. The summed E-state index contributed by atoms with van der Waals surface area (Å²) >= 11 is 6.95. The third-order valence-electron chi connectivity index (χ3n) is 2.90. The molecule has 1 aliphatic rings. The number of rotatable bonds is 4. The first-order valence-electron chi connectivity index (χ1n) is 6.01. The number of nitrogens with one attached hydrogen (secondary N) is 1. The average molecular weight is 349 g/mol. The molecule has 1 saturated heterocycles. The molecule has 100 valence electrons. The number of thiophene rings is 1. The summed E-state index contributed by atoms with van der Waals surface area (Å²) in [6.45, 7) is 5.98. The van der Waals surface area contributed by atoms with Gasteiger partial charge in [-0.1, -0.05) is 0 Å². The molecule has 0 unspecified atom stereocenters. The molecule has 1 fully saturated rings. The Balaban J connectivity index is 1.74. The summed E-state index contributed by atoms with van der Waals surface area (Å²) in [5.74, 6) is 2.47. The third kappa shape index (κ3) is 3.98.